The Balaban J connectivity index is 2.05. The molecular weight excluding hydrogens is 381 g/mol. The van der Waals surface area contributed by atoms with Gasteiger partial charge in [-0.3, -0.25) is 4.79 Å². The van der Waals surface area contributed by atoms with Gasteiger partial charge in [0.1, 0.15) is 5.82 Å². The van der Waals surface area contributed by atoms with Gasteiger partial charge in [0.15, 0.2) is 0 Å². The molecule has 0 saturated heterocycles. The van der Waals surface area contributed by atoms with Crippen LogP contribution in [0.2, 0.25) is 0 Å². The van der Waals surface area contributed by atoms with Crippen molar-refractivity contribution in [3.63, 3.8) is 0 Å². The molecule has 0 unspecified atom stereocenters. The first kappa shape index (κ1) is 16.1. The molecule has 0 spiro atoms. The van der Waals surface area contributed by atoms with Gasteiger partial charge in [0.05, 0.1) is 17.2 Å². The Kier molecular flexibility index (Phi) is 4.75. The largest absolute Gasteiger partial charge is 0.380 e. The molecule has 3 aromatic rings. The van der Waals surface area contributed by atoms with Crippen LogP contribution in [0.4, 0.5) is 10.1 Å². The van der Waals surface area contributed by atoms with Crippen molar-refractivity contribution in [1.82, 2.24) is 0 Å². The summed E-state index contributed by atoms with van der Waals surface area (Å²) >= 11 is 4.66. The van der Waals surface area contributed by atoms with Gasteiger partial charge in [-0.1, -0.05) is 18.2 Å². The van der Waals surface area contributed by atoms with Crippen LogP contribution in [-0.2, 0) is 11.3 Å². The van der Waals surface area contributed by atoms with Crippen molar-refractivity contribution in [2.24, 2.45) is 0 Å². The molecule has 6 heteroatoms. The minimum atomic E-state index is -0.342. The minimum Gasteiger partial charge on any atom is -0.380 e. The van der Waals surface area contributed by atoms with Crippen molar-refractivity contribution in [3.05, 3.63) is 63.2 Å². The van der Waals surface area contributed by atoms with Crippen molar-refractivity contribution in [2.45, 2.75) is 6.61 Å². The molecule has 2 aromatic carbocycles. The number of hydrogen-bond donors (Lipinski definition) is 1. The van der Waals surface area contributed by atoms with Crippen molar-refractivity contribution in [3.8, 4) is 0 Å². The van der Waals surface area contributed by atoms with E-state index in [2.05, 4.69) is 21.2 Å². The van der Waals surface area contributed by atoms with Crippen LogP contribution in [-0.4, -0.2) is 13.0 Å². The fraction of sp³-hybridized carbons (Fsp3) is 0.118. The minimum absolute atomic E-state index is 0.180. The van der Waals surface area contributed by atoms with Crippen molar-refractivity contribution >= 4 is 48.9 Å². The Morgan fingerprint density at radius 1 is 1.26 bits per heavy atom. The Morgan fingerprint density at radius 2 is 2.04 bits per heavy atom. The van der Waals surface area contributed by atoms with E-state index in [0.29, 0.717) is 21.5 Å². The number of thiophene rings is 1. The molecule has 3 rings (SSSR count). The zero-order valence-electron chi connectivity index (χ0n) is 12.2. The summed E-state index contributed by atoms with van der Waals surface area (Å²) in [5.41, 5.74) is 1.24. The van der Waals surface area contributed by atoms with E-state index >= 15 is 0 Å². The van der Waals surface area contributed by atoms with Crippen LogP contribution in [0.15, 0.2) is 46.9 Å². The topological polar surface area (TPSA) is 38.3 Å². The molecule has 0 saturated carbocycles. The van der Waals surface area contributed by atoms with Gasteiger partial charge in [-0.05, 0) is 40.2 Å². The first-order valence-corrected chi connectivity index (χ1v) is 8.47. The molecule has 3 nitrogen and oxygen atoms in total. The van der Waals surface area contributed by atoms with Crippen LogP contribution in [0, 0.1) is 5.82 Å². The van der Waals surface area contributed by atoms with Crippen LogP contribution in [0.1, 0.15) is 15.2 Å². The van der Waals surface area contributed by atoms with E-state index in [1.54, 1.807) is 18.2 Å². The van der Waals surface area contributed by atoms with Gasteiger partial charge in [0, 0.05) is 27.2 Å². The van der Waals surface area contributed by atoms with Crippen LogP contribution in [0.3, 0.4) is 0 Å². The number of nitrogens with one attached hydrogen (secondary N) is 1. The third-order valence-corrected chi connectivity index (χ3v) is 5.27. The Bertz CT molecular complexity index is 878. The van der Waals surface area contributed by atoms with Crippen molar-refractivity contribution in [2.75, 3.05) is 12.4 Å². The van der Waals surface area contributed by atoms with E-state index in [9.17, 15) is 9.18 Å². The molecule has 0 aliphatic heterocycles. The molecule has 0 aliphatic rings. The second kappa shape index (κ2) is 6.78. The molecule has 23 heavy (non-hydrogen) atoms. The average Bonchev–Trinajstić information content (AvgIpc) is 2.90. The van der Waals surface area contributed by atoms with Gasteiger partial charge < -0.3 is 10.1 Å². The van der Waals surface area contributed by atoms with Crippen LogP contribution >= 0.6 is 27.3 Å². The molecule has 1 aromatic heterocycles. The highest BCUT2D eigenvalue weighted by Crippen LogP contribution is 2.34. The maximum absolute atomic E-state index is 14.1. The number of carbonyl (C=O) groups excluding carboxylic acids is 1. The van der Waals surface area contributed by atoms with Gasteiger partial charge in [0.2, 0.25) is 0 Å². The first-order chi connectivity index (χ1) is 11.1. The summed E-state index contributed by atoms with van der Waals surface area (Å²) in [7, 11) is 1.53. The molecule has 0 aliphatic carbocycles. The fourth-order valence-corrected chi connectivity index (χ4v) is 3.88. The standard InChI is InChI=1S/C17H13BrFNO2S/c1-22-9-10-15-12(19)6-4-8-14(15)23-16(10)17(21)20-13-7-3-2-5-11(13)18/h2-8H,9H2,1H3,(H,20,21). The van der Waals surface area contributed by atoms with Crippen molar-refractivity contribution in [1.29, 1.82) is 0 Å². The highest BCUT2D eigenvalue weighted by Gasteiger charge is 2.21. The van der Waals surface area contributed by atoms with E-state index in [1.807, 2.05) is 18.2 Å². The lowest BCUT2D eigenvalue weighted by atomic mass is 10.1. The summed E-state index contributed by atoms with van der Waals surface area (Å²) in [5, 5.41) is 3.31. The van der Waals surface area contributed by atoms with E-state index in [-0.39, 0.29) is 18.3 Å². The highest BCUT2D eigenvalue weighted by molar-refractivity contribution is 9.10. The Hall–Kier alpha value is -1.76. The number of rotatable bonds is 4. The van der Waals surface area contributed by atoms with E-state index < -0.39 is 0 Å². The number of amides is 1. The molecule has 1 amide bonds. The lowest BCUT2D eigenvalue weighted by Gasteiger charge is -2.08. The Labute approximate surface area is 145 Å². The first-order valence-electron chi connectivity index (χ1n) is 6.86. The number of benzene rings is 2. The molecule has 0 atom stereocenters. The van der Waals surface area contributed by atoms with Gasteiger partial charge in [0.25, 0.3) is 5.91 Å². The number of anilines is 1. The van der Waals surface area contributed by atoms with Crippen LogP contribution < -0.4 is 5.32 Å². The number of methoxy groups -OCH3 is 1. The number of carbonyl (C=O) groups is 1. The monoisotopic (exact) mass is 393 g/mol. The lowest BCUT2D eigenvalue weighted by Crippen LogP contribution is -2.13. The second-order valence-electron chi connectivity index (χ2n) is 4.89. The molecule has 0 fully saturated rings. The SMILES string of the molecule is COCc1c(C(=O)Nc2ccccc2Br)sc2cccc(F)c12. The van der Waals surface area contributed by atoms with E-state index in [4.69, 9.17) is 4.74 Å². The second-order valence-corrected chi connectivity index (χ2v) is 6.80. The van der Waals surface area contributed by atoms with Crippen LogP contribution in [0.25, 0.3) is 10.1 Å². The molecule has 1 heterocycles. The average molecular weight is 394 g/mol. The summed E-state index contributed by atoms with van der Waals surface area (Å²) in [6.45, 7) is 0.180. The molecule has 0 bridgehead atoms. The predicted octanol–water partition coefficient (Wildman–Crippen LogP) is 5.20. The number of hydrogen-bond acceptors (Lipinski definition) is 3. The fourth-order valence-electron chi connectivity index (χ4n) is 2.37. The third-order valence-electron chi connectivity index (χ3n) is 3.38. The normalized spacial score (nSPS) is 10.9. The zero-order valence-corrected chi connectivity index (χ0v) is 14.6. The van der Waals surface area contributed by atoms with Gasteiger partial charge in [-0.25, -0.2) is 4.39 Å². The highest BCUT2D eigenvalue weighted by atomic mass is 79.9. The quantitative estimate of drug-likeness (QED) is 0.661. The van der Waals surface area contributed by atoms with Crippen LogP contribution in [0.5, 0.6) is 0 Å². The van der Waals surface area contributed by atoms with Crippen molar-refractivity contribution < 1.29 is 13.9 Å². The van der Waals surface area contributed by atoms with Gasteiger partial charge in [-0.15, -0.1) is 11.3 Å². The zero-order chi connectivity index (χ0) is 16.4. The molecule has 0 radical (unpaired) electrons. The summed E-state index contributed by atoms with van der Waals surface area (Å²) in [6, 6.07) is 12.2. The van der Waals surface area contributed by atoms with Gasteiger partial charge in [-0.2, -0.15) is 0 Å². The predicted molar refractivity (Wildman–Crippen MR) is 94.6 cm³/mol. The maximum atomic E-state index is 14.1. The lowest BCUT2D eigenvalue weighted by molar-refractivity contribution is 0.102. The summed E-state index contributed by atoms with van der Waals surface area (Å²) < 4.78 is 20.8. The third kappa shape index (κ3) is 3.15. The maximum Gasteiger partial charge on any atom is 0.266 e. The van der Waals surface area contributed by atoms with E-state index in [0.717, 1.165) is 9.17 Å². The summed E-state index contributed by atoms with van der Waals surface area (Å²) in [6.07, 6.45) is 0. The Morgan fingerprint density at radius 3 is 2.78 bits per heavy atom. The molecule has 118 valence electrons. The molecule has 1 N–H and O–H groups in total. The smallest absolute Gasteiger partial charge is 0.266 e. The number of halogens is 2. The number of ether oxygens (including phenoxy) is 1. The number of para-hydroxylation sites is 1. The number of fused-ring (bicyclic) bond motifs is 1. The summed E-state index contributed by atoms with van der Waals surface area (Å²) in [5.74, 6) is -0.615. The van der Waals surface area contributed by atoms with Gasteiger partial charge >= 0.3 is 0 Å². The van der Waals surface area contributed by atoms with E-state index in [1.165, 1.54) is 24.5 Å². The summed E-state index contributed by atoms with van der Waals surface area (Å²) in [4.78, 5) is 13.1. The molecular formula is C17H13BrFNO2S.